The van der Waals surface area contributed by atoms with Crippen molar-refractivity contribution < 1.29 is 17.9 Å². The maximum Gasteiger partial charge on any atom is 0.244 e. The molecular formula is C18H19ClN2O4S. The highest BCUT2D eigenvalue weighted by molar-refractivity contribution is 7.89. The summed E-state index contributed by atoms with van der Waals surface area (Å²) < 4.78 is 33.3. The molecule has 0 saturated carbocycles. The van der Waals surface area contributed by atoms with Crippen LogP contribution in [0.5, 0.6) is 5.75 Å². The van der Waals surface area contributed by atoms with Gasteiger partial charge in [-0.3, -0.25) is 4.79 Å². The zero-order valence-corrected chi connectivity index (χ0v) is 15.8. The summed E-state index contributed by atoms with van der Waals surface area (Å²) in [6.45, 7) is 0.707. The van der Waals surface area contributed by atoms with E-state index in [0.717, 1.165) is 12.0 Å². The molecule has 0 radical (unpaired) electrons. The van der Waals surface area contributed by atoms with Gasteiger partial charge in [-0.15, -0.1) is 0 Å². The Kier molecular flexibility index (Phi) is 5.50. The predicted molar refractivity (Wildman–Crippen MR) is 100 cm³/mol. The van der Waals surface area contributed by atoms with Crippen LogP contribution in [0.1, 0.15) is 18.4 Å². The Bertz CT molecular complexity index is 913. The second-order valence-corrected chi connectivity index (χ2v) is 8.11. The highest BCUT2D eigenvalue weighted by atomic mass is 35.5. The lowest BCUT2D eigenvalue weighted by atomic mass is 10.2. The van der Waals surface area contributed by atoms with E-state index >= 15 is 0 Å². The molecule has 0 aliphatic carbocycles. The van der Waals surface area contributed by atoms with Gasteiger partial charge in [0.15, 0.2) is 0 Å². The Morgan fingerprint density at radius 1 is 1.19 bits per heavy atom. The number of hydrogen-bond acceptors (Lipinski definition) is 4. The third-order valence-electron chi connectivity index (χ3n) is 4.20. The molecule has 1 aliphatic heterocycles. The molecule has 2 aromatic rings. The largest absolute Gasteiger partial charge is 0.495 e. The summed E-state index contributed by atoms with van der Waals surface area (Å²) in [5, 5.41) is 0.584. The molecule has 1 N–H and O–H groups in total. The van der Waals surface area contributed by atoms with Crippen molar-refractivity contribution in [2.24, 2.45) is 0 Å². The summed E-state index contributed by atoms with van der Waals surface area (Å²) in [6, 6.07) is 11.6. The molecule has 1 saturated heterocycles. The summed E-state index contributed by atoms with van der Waals surface area (Å²) in [4.78, 5) is 13.5. The van der Waals surface area contributed by atoms with Crippen molar-refractivity contribution in [1.29, 1.82) is 0 Å². The first kappa shape index (κ1) is 18.7. The van der Waals surface area contributed by atoms with Crippen molar-refractivity contribution in [2.45, 2.75) is 24.3 Å². The minimum Gasteiger partial charge on any atom is -0.495 e. The Balaban J connectivity index is 1.87. The first-order valence-corrected chi connectivity index (χ1v) is 9.99. The first-order chi connectivity index (χ1) is 12.4. The number of nitrogens with one attached hydrogen (secondary N) is 1. The van der Waals surface area contributed by atoms with Crippen molar-refractivity contribution >= 4 is 33.2 Å². The molecule has 0 unspecified atom stereocenters. The lowest BCUT2D eigenvalue weighted by Crippen LogP contribution is -2.26. The van der Waals surface area contributed by atoms with Crippen LogP contribution in [-0.4, -0.2) is 28.0 Å². The third kappa shape index (κ3) is 4.00. The van der Waals surface area contributed by atoms with E-state index in [4.69, 9.17) is 16.3 Å². The molecule has 0 atom stereocenters. The van der Waals surface area contributed by atoms with Gasteiger partial charge in [-0.1, -0.05) is 23.7 Å². The fourth-order valence-corrected chi connectivity index (χ4v) is 4.15. The van der Waals surface area contributed by atoms with E-state index in [2.05, 4.69) is 4.72 Å². The topological polar surface area (TPSA) is 75.7 Å². The molecule has 26 heavy (non-hydrogen) atoms. The van der Waals surface area contributed by atoms with Gasteiger partial charge in [-0.05, 0) is 42.3 Å². The van der Waals surface area contributed by atoms with Crippen LogP contribution >= 0.6 is 11.6 Å². The number of hydrogen-bond donors (Lipinski definition) is 1. The number of rotatable bonds is 6. The first-order valence-electron chi connectivity index (χ1n) is 8.13. The number of anilines is 1. The Hall–Kier alpha value is -2.09. The molecule has 0 bridgehead atoms. The fourth-order valence-electron chi connectivity index (χ4n) is 2.82. The predicted octanol–water partition coefficient (Wildman–Crippen LogP) is 2.95. The lowest BCUT2D eigenvalue weighted by Gasteiger charge is -2.18. The molecule has 3 rings (SSSR count). The van der Waals surface area contributed by atoms with Crippen molar-refractivity contribution in [2.75, 3.05) is 18.6 Å². The van der Waals surface area contributed by atoms with Crippen LogP contribution in [0.25, 0.3) is 0 Å². The summed E-state index contributed by atoms with van der Waals surface area (Å²) >= 11 is 5.84. The molecule has 0 spiro atoms. The number of ether oxygens (including phenoxy) is 1. The number of benzene rings is 2. The maximum atomic E-state index is 12.8. The van der Waals surface area contributed by atoms with Gasteiger partial charge < -0.3 is 9.64 Å². The monoisotopic (exact) mass is 394 g/mol. The van der Waals surface area contributed by atoms with Gasteiger partial charge >= 0.3 is 0 Å². The number of amides is 1. The fraction of sp³-hybridized carbons (Fsp3) is 0.278. The van der Waals surface area contributed by atoms with Gasteiger partial charge in [0.2, 0.25) is 15.9 Å². The van der Waals surface area contributed by atoms with Gasteiger partial charge in [-0.2, -0.15) is 0 Å². The molecule has 138 valence electrons. The van der Waals surface area contributed by atoms with E-state index in [1.54, 1.807) is 41.3 Å². The van der Waals surface area contributed by atoms with Crippen LogP contribution in [0, 0.1) is 0 Å². The molecule has 1 fully saturated rings. The normalized spacial score (nSPS) is 14.7. The van der Waals surface area contributed by atoms with Crippen molar-refractivity contribution in [3.8, 4) is 5.75 Å². The number of methoxy groups -OCH3 is 1. The smallest absolute Gasteiger partial charge is 0.244 e. The van der Waals surface area contributed by atoms with Crippen LogP contribution < -0.4 is 14.4 Å². The SMILES string of the molecule is COc1ccc(N2CCCC2=O)cc1S(=O)(=O)NCc1ccc(Cl)cc1. The van der Waals surface area contributed by atoms with E-state index in [1.807, 2.05) is 0 Å². The van der Waals surface area contributed by atoms with Crippen LogP contribution in [0.2, 0.25) is 5.02 Å². The molecule has 1 aliphatic rings. The molecule has 1 amide bonds. The Morgan fingerprint density at radius 2 is 1.92 bits per heavy atom. The van der Waals surface area contributed by atoms with Crippen LogP contribution in [0.4, 0.5) is 5.69 Å². The van der Waals surface area contributed by atoms with Crippen molar-refractivity contribution in [3.63, 3.8) is 0 Å². The summed E-state index contributed by atoms with van der Waals surface area (Å²) in [6.07, 6.45) is 1.24. The third-order valence-corrected chi connectivity index (χ3v) is 5.88. The highest BCUT2D eigenvalue weighted by Gasteiger charge is 2.25. The van der Waals surface area contributed by atoms with Crippen molar-refractivity contribution in [1.82, 2.24) is 4.72 Å². The van der Waals surface area contributed by atoms with E-state index in [9.17, 15) is 13.2 Å². The lowest BCUT2D eigenvalue weighted by molar-refractivity contribution is -0.117. The quantitative estimate of drug-likeness (QED) is 0.817. The molecule has 0 aromatic heterocycles. The van der Waals surface area contributed by atoms with Gasteiger partial charge in [0, 0.05) is 30.2 Å². The number of carbonyl (C=O) groups excluding carboxylic acids is 1. The van der Waals surface area contributed by atoms with Crippen molar-refractivity contribution in [3.05, 3.63) is 53.1 Å². The van der Waals surface area contributed by atoms with Crippen LogP contribution in [0.15, 0.2) is 47.4 Å². The number of nitrogens with zero attached hydrogens (tertiary/aromatic N) is 1. The molecule has 2 aromatic carbocycles. The summed E-state index contributed by atoms with van der Waals surface area (Å²) in [7, 11) is -2.42. The zero-order chi connectivity index (χ0) is 18.7. The van der Waals surface area contributed by atoms with E-state index in [0.29, 0.717) is 23.7 Å². The minimum atomic E-state index is -3.83. The van der Waals surface area contributed by atoms with Crippen LogP contribution in [0.3, 0.4) is 0 Å². The Morgan fingerprint density at radius 3 is 2.54 bits per heavy atom. The average molecular weight is 395 g/mol. The number of halogens is 1. The molecule has 1 heterocycles. The zero-order valence-electron chi connectivity index (χ0n) is 14.2. The average Bonchev–Trinajstić information content (AvgIpc) is 3.06. The minimum absolute atomic E-state index is 0.00571. The summed E-state index contributed by atoms with van der Waals surface area (Å²) in [5.74, 6) is 0.219. The maximum absolute atomic E-state index is 12.8. The van der Waals surface area contributed by atoms with Gasteiger partial charge in [0.05, 0.1) is 7.11 Å². The molecule has 8 heteroatoms. The van der Waals surface area contributed by atoms with Gasteiger partial charge in [0.1, 0.15) is 10.6 Å². The molecular weight excluding hydrogens is 376 g/mol. The van der Waals surface area contributed by atoms with Gasteiger partial charge in [0.25, 0.3) is 0 Å². The highest BCUT2D eigenvalue weighted by Crippen LogP contribution is 2.31. The van der Waals surface area contributed by atoms with E-state index in [-0.39, 0.29) is 23.1 Å². The van der Waals surface area contributed by atoms with Crippen LogP contribution in [-0.2, 0) is 21.4 Å². The van der Waals surface area contributed by atoms with E-state index < -0.39 is 10.0 Å². The van der Waals surface area contributed by atoms with Gasteiger partial charge in [-0.25, -0.2) is 13.1 Å². The summed E-state index contributed by atoms with van der Waals surface area (Å²) in [5.41, 5.74) is 1.34. The molecule has 6 nitrogen and oxygen atoms in total. The standard InChI is InChI=1S/C18H19ClN2O4S/c1-25-16-9-8-15(21-10-2-3-18(21)22)11-17(16)26(23,24)20-12-13-4-6-14(19)7-5-13/h4-9,11,20H,2-3,10,12H2,1H3. The Labute approximate surface area is 157 Å². The second-order valence-electron chi connectivity index (χ2n) is 5.94. The second kappa shape index (κ2) is 7.65. The number of carbonyl (C=O) groups is 1. The van der Waals surface area contributed by atoms with E-state index in [1.165, 1.54) is 13.2 Å². The number of sulfonamides is 1.